The Balaban J connectivity index is 2.68. The van der Waals surface area contributed by atoms with Crippen LogP contribution in [0.1, 0.15) is 42.0 Å². The van der Waals surface area contributed by atoms with Crippen LogP contribution in [0.2, 0.25) is 0 Å². The second-order valence-corrected chi connectivity index (χ2v) is 4.71. The highest BCUT2D eigenvalue weighted by molar-refractivity contribution is 5.32. The van der Waals surface area contributed by atoms with E-state index in [1.54, 1.807) is 7.05 Å². The molecule has 1 atom stereocenters. The highest BCUT2D eigenvalue weighted by Gasteiger charge is 2.26. The normalized spacial score (nSPS) is 13.7. The minimum atomic E-state index is -4.06. The van der Waals surface area contributed by atoms with Gasteiger partial charge in [0.05, 0.1) is 0 Å². The van der Waals surface area contributed by atoms with Crippen LogP contribution in [-0.2, 0) is 0 Å². The van der Waals surface area contributed by atoms with E-state index in [0.717, 1.165) is 16.7 Å². The van der Waals surface area contributed by atoms with E-state index >= 15 is 0 Å². The van der Waals surface area contributed by atoms with Gasteiger partial charge in [-0.1, -0.05) is 23.8 Å². The minimum absolute atomic E-state index is 0.00718. The molecule has 0 aliphatic heterocycles. The molecule has 0 aliphatic rings. The van der Waals surface area contributed by atoms with E-state index in [4.69, 9.17) is 0 Å². The van der Waals surface area contributed by atoms with Crippen LogP contribution in [0.25, 0.3) is 0 Å². The first-order valence-corrected chi connectivity index (χ1v) is 6.14. The Bertz CT molecular complexity index is 385. The van der Waals surface area contributed by atoms with Crippen LogP contribution in [0.3, 0.4) is 0 Å². The highest BCUT2D eigenvalue weighted by atomic mass is 19.4. The molecule has 1 nitrogen and oxygen atoms in total. The van der Waals surface area contributed by atoms with Gasteiger partial charge in [0.1, 0.15) is 0 Å². The molecule has 0 fully saturated rings. The third-order valence-corrected chi connectivity index (χ3v) is 3.11. The van der Waals surface area contributed by atoms with Crippen molar-refractivity contribution in [3.8, 4) is 0 Å². The Kier molecular flexibility index (Phi) is 5.20. The molecule has 0 saturated carbocycles. The summed E-state index contributed by atoms with van der Waals surface area (Å²) >= 11 is 0. The molecule has 1 aromatic rings. The zero-order valence-corrected chi connectivity index (χ0v) is 11.1. The number of aryl methyl sites for hydroxylation is 2. The molecule has 0 bridgehead atoms. The first kappa shape index (κ1) is 15.0. The summed E-state index contributed by atoms with van der Waals surface area (Å²) in [7, 11) is 1.79. The number of nitrogens with one attached hydrogen (secondary N) is 1. The highest BCUT2D eigenvalue weighted by Crippen LogP contribution is 2.27. The van der Waals surface area contributed by atoms with Crippen molar-refractivity contribution in [3.05, 3.63) is 34.9 Å². The molecule has 0 amide bonds. The van der Waals surface area contributed by atoms with Crippen molar-refractivity contribution in [3.63, 3.8) is 0 Å². The third-order valence-electron chi connectivity index (χ3n) is 3.11. The van der Waals surface area contributed by atoms with Gasteiger partial charge in [-0.05, 0) is 44.9 Å². The number of hydrogen-bond donors (Lipinski definition) is 1. The van der Waals surface area contributed by atoms with E-state index in [0.29, 0.717) is 6.42 Å². The average Bonchev–Trinajstić information content (AvgIpc) is 2.27. The molecule has 0 aliphatic carbocycles. The molecule has 0 heterocycles. The van der Waals surface area contributed by atoms with Crippen LogP contribution < -0.4 is 5.32 Å². The zero-order chi connectivity index (χ0) is 13.8. The fourth-order valence-electron chi connectivity index (χ4n) is 2.10. The quantitative estimate of drug-likeness (QED) is 0.831. The van der Waals surface area contributed by atoms with Crippen LogP contribution in [0, 0.1) is 13.8 Å². The van der Waals surface area contributed by atoms with Crippen LogP contribution in [0.4, 0.5) is 13.2 Å². The molecule has 0 radical (unpaired) electrons. The van der Waals surface area contributed by atoms with Crippen LogP contribution in [0.15, 0.2) is 18.2 Å². The van der Waals surface area contributed by atoms with Gasteiger partial charge in [-0.2, -0.15) is 13.2 Å². The fourth-order valence-corrected chi connectivity index (χ4v) is 2.10. The molecule has 1 rings (SSSR count). The van der Waals surface area contributed by atoms with Gasteiger partial charge in [-0.25, -0.2) is 0 Å². The molecule has 4 heteroatoms. The van der Waals surface area contributed by atoms with Gasteiger partial charge >= 0.3 is 6.18 Å². The predicted octanol–water partition coefficient (Wildman–Crippen LogP) is 4.30. The van der Waals surface area contributed by atoms with Crippen molar-refractivity contribution < 1.29 is 13.2 Å². The Morgan fingerprint density at radius 2 is 1.89 bits per heavy atom. The number of benzene rings is 1. The SMILES string of the molecule is CNC(CCCC(F)(F)F)c1cc(C)ccc1C. The van der Waals surface area contributed by atoms with Gasteiger partial charge in [0, 0.05) is 12.5 Å². The number of alkyl halides is 3. The van der Waals surface area contributed by atoms with E-state index in [1.165, 1.54) is 0 Å². The van der Waals surface area contributed by atoms with Crippen LogP contribution in [-0.4, -0.2) is 13.2 Å². The topological polar surface area (TPSA) is 12.0 Å². The summed E-state index contributed by atoms with van der Waals surface area (Å²) in [6, 6.07) is 6.07. The third kappa shape index (κ3) is 4.69. The maximum atomic E-state index is 12.1. The lowest BCUT2D eigenvalue weighted by molar-refractivity contribution is -0.135. The van der Waals surface area contributed by atoms with Gasteiger partial charge in [0.25, 0.3) is 0 Å². The summed E-state index contributed by atoms with van der Waals surface area (Å²) in [5.41, 5.74) is 3.35. The maximum Gasteiger partial charge on any atom is 0.389 e. The van der Waals surface area contributed by atoms with Crippen molar-refractivity contribution in [2.45, 2.75) is 45.3 Å². The Morgan fingerprint density at radius 3 is 2.44 bits per heavy atom. The first-order valence-electron chi connectivity index (χ1n) is 6.14. The second-order valence-electron chi connectivity index (χ2n) is 4.71. The molecular formula is C14H20F3N. The van der Waals surface area contributed by atoms with Gasteiger partial charge in [-0.3, -0.25) is 0 Å². The largest absolute Gasteiger partial charge is 0.389 e. The lowest BCUT2D eigenvalue weighted by Gasteiger charge is -2.20. The summed E-state index contributed by atoms with van der Waals surface area (Å²) in [6.07, 6.45) is -4.11. The van der Waals surface area contributed by atoms with Gasteiger partial charge in [-0.15, -0.1) is 0 Å². The zero-order valence-electron chi connectivity index (χ0n) is 11.1. The van der Waals surface area contributed by atoms with E-state index in [-0.39, 0.29) is 12.5 Å². The van der Waals surface area contributed by atoms with Gasteiger partial charge in [0.2, 0.25) is 0 Å². The van der Waals surface area contributed by atoms with Gasteiger partial charge < -0.3 is 5.32 Å². The maximum absolute atomic E-state index is 12.1. The molecule has 1 aromatic carbocycles. The van der Waals surface area contributed by atoms with Crippen molar-refractivity contribution in [2.24, 2.45) is 0 Å². The van der Waals surface area contributed by atoms with Crippen molar-refractivity contribution in [2.75, 3.05) is 7.05 Å². The lowest BCUT2D eigenvalue weighted by atomic mass is 9.95. The molecule has 1 unspecified atom stereocenters. The van der Waals surface area contributed by atoms with Crippen LogP contribution >= 0.6 is 0 Å². The molecular weight excluding hydrogens is 239 g/mol. The van der Waals surface area contributed by atoms with E-state index in [2.05, 4.69) is 5.32 Å². The van der Waals surface area contributed by atoms with E-state index < -0.39 is 12.6 Å². The second kappa shape index (κ2) is 6.23. The summed E-state index contributed by atoms with van der Waals surface area (Å²) in [4.78, 5) is 0. The average molecular weight is 259 g/mol. The molecule has 102 valence electrons. The minimum Gasteiger partial charge on any atom is -0.313 e. The molecule has 0 aromatic heterocycles. The Morgan fingerprint density at radius 1 is 1.22 bits per heavy atom. The standard InChI is InChI=1S/C14H20F3N/c1-10-6-7-11(2)12(9-10)13(18-3)5-4-8-14(15,16)17/h6-7,9,13,18H,4-5,8H2,1-3H3. The van der Waals surface area contributed by atoms with Crippen molar-refractivity contribution in [1.82, 2.24) is 5.32 Å². The molecule has 1 N–H and O–H groups in total. The van der Waals surface area contributed by atoms with Crippen molar-refractivity contribution >= 4 is 0 Å². The van der Waals surface area contributed by atoms with E-state index in [9.17, 15) is 13.2 Å². The number of halogens is 3. The predicted molar refractivity (Wildman–Crippen MR) is 67.6 cm³/mol. The Labute approximate surface area is 106 Å². The summed E-state index contributed by atoms with van der Waals surface area (Å²) in [5, 5.41) is 3.11. The summed E-state index contributed by atoms with van der Waals surface area (Å²) < 4.78 is 36.4. The van der Waals surface area contributed by atoms with E-state index in [1.807, 2.05) is 32.0 Å². The fraction of sp³-hybridized carbons (Fsp3) is 0.571. The van der Waals surface area contributed by atoms with Crippen LogP contribution in [0.5, 0.6) is 0 Å². The first-order chi connectivity index (χ1) is 8.33. The number of rotatable bonds is 5. The van der Waals surface area contributed by atoms with Gasteiger partial charge in [0.15, 0.2) is 0 Å². The number of hydrogen-bond acceptors (Lipinski definition) is 1. The summed E-state index contributed by atoms with van der Waals surface area (Å²) in [5.74, 6) is 0. The summed E-state index contributed by atoms with van der Waals surface area (Å²) in [6.45, 7) is 3.98. The lowest BCUT2D eigenvalue weighted by Crippen LogP contribution is -2.18. The molecule has 18 heavy (non-hydrogen) atoms. The smallest absolute Gasteiger partial charge is 0.313 e. The molecule has 0 saturated heterocycles. The van der Waals surface area contributed by atoms with Crippen molar-refractivity contribution in [1.29, 1.82) is 0 Å². The Hall–Kier alpha value is -1.03. The molecule has 0 spiro atoms. The monoisotopic (exact) mass is 259 g/mol.